The Morgan fingerprint density at radius 2 is 1.81 bits per heavy atom. The second-order valence-electron chi connectivity index (χ2n) is 5.80. The van der Waals surface area contributed by atoms with Gasteiger partial charge >= 0.3 is 0 Å². The number of nitro groups is 1. The number of aryl methyl sites for hydroxylation is 2. The van der Waals surface area contributed by atoms with Gasteiger partial charge in [-0.15, -0.1) is 0 Å². The lowest BCUT2D eigenvalue weighted by molar-refractivity contribution is -0.384. The van der Waals surface area contributed by atoms with Crippen molar-refractivity contribution in [2.24, 2.45) is 0 Å². The highest BCUT2D eigenvalue weighted by Gasteiger charge is 2.17. The van der Waals surface area contributed by atoms with E-state index in [4.69, 9.17) is 16.0 Å². The van der Waals surface area contributed by atoms with Crippen molar-refractivity contribution in [1.82, 2.24) is 0 Å². The Labute approximate surface area is 154 Å². The van der Waals surface area contributed by atoms with Gasteiger partial charge in [-0.3, -0.25) is 14.9 Å². The lowest BCUT2D eigenvalue weighted by atomic mass is 10.1. The van der Waals surface area contributed by atoms with Gasteiger partial charge in [0, 0.05) is 28.4 Å². The summed E-state index contributed by atoms with van der Waals surface area (Å²) in [6, 6.07) is 13.0. The number of benzene rings is 2. The van der Waals surface area contributed by atoms with Gasteiger partial charge in [0.2, 0.25) is 0 Å². The standard InChI is InChI=1S/C19H15ClN2O4/c1-11-9-15(22(24)25)7-8-17(11)21-19(23)16-10-18(26-12(16)2)13-3-5-14(20)6-4-13/h3-10H,1-2H3,(H,21,23). The zero-order valence-corrected chi connectivity index (χ0v) is 14.8. The maximum absolute atomic E-state index is 12.6. The zero-order valence-electron chi connectivity index (χ0n) is 14.1. The predicted molar refractivity (Wildman–Crippen MR) is 99.7 cm³/mol. The van der Waals surface area contributed by atoms with Gasteiger partial charge in [-0.2, -0.15) is 0 Å². The Hall–Kier alpha value is -3.12. The topological polar surface area (TPSA) is 85.4 Å². The number of nitrogens with one attached hydrogen (secondary N) is 1. The van der Waals surface area contributed by atoms with Crippen LogP contribution >= 0.6 is 11.6 Å². The van der Waals surface area contributed by atoms with Crippen LogP contribution in [0.2, 0.25) is 5.02 Å². The number of nitro benzene ring substituents is 1. The maximum Gasteiger partial charge on any atom is 0.269 e. The van der Waals surface area contributed by atoms with Crippen LogP contribution in [0.15, 0.2) is 52.9 Å². The number of carbonyl (C=O) groups excluding carboxylic acids is 1. The third-order valence-electron chi connectivity index (χ3n) is 3.96. The van der Waals surface area contributed by atoms with E-state index in [9.17, 15) is 14.9 Å². The first-order valence-electron chi connectivity index (χ1n) is 7.78. The monoisotopic (exact) mass is 370 g/mol. The quantitative estimate of drug-likeness (QED) is 0.493. The fourth-order valence-electron chi connectivity index (χ4n) is 2.56. The molecule has 0 bridgehead atoms. The SMILES string of the molecule is Cc1cc([N+](=O)[O-])ccc1NC(=O)c1cc(-c2ccc(Cl)cc2)oc1C. The Balaban J connectivity index is 1.84. The Kier molecular flexibility index (Phi) is 4.77. The Morgan fingerprint density at radius 1 is 1.12 bits per heavy atom. The maximum atomic E-state index is 12.6. The summed E-state index contributed by atoms with van der Waals surface area (Å²) in [4.78, 5) is 22.9. The van der Waals surface area contributed by atoms with Gasteiger partial charge in [-0.25, -0.2) is 0 Å². The van der Waals surface area contributed by atoms with Crippen LogP contribution in [0.25, 0.3) is 11.3 Å². The van der Waals surface area contributed by atoms with E-state index in [2.05, 4.69) is 5.32 Å². The molecule has 3 aromatic rings. The highest BCUT2D eigenvalue weighted by Crippen LogP contribution is 2.28. The average Bonchev–Trinajstić information content (AvgIpc) is 2.99. The molecule has 0 atom stereocenters. The molecule has 0 saturated heterocycles. The van der Waals surface area contributed by atoms with E-state index < -0.39 is 4.92 Å². The molecular formula is C19H15ClN2O4. The number of anilines is 1. The van der Waals surface area contributed by atoms with Gasteiger partial charge in [0.25, 0.3) is 11.6 Å². The van der Waals surface area contributed by atoms with Crippen LogP contribution in [0.4, 0.5) is 11.4 Å². The van der Waals surface area contributed by atoms with Crippen LogP contribution in [0.5, 0.6) is 0 Å². The van der Waals surface area contributed by atoms with E-state index in [1.54, 1.807) is 32.0 Å². The molecular weight excluding hydrogens is 356 g/mol. The van der Waals surface area contributed by atoms with E-state index in [0.717, 1.165) is 5.56 Å². The van der Waals surface area contributed by atoms with Crippen molar-refractivity contribution in [1.29, 1.82) is 0 Å². The van der Waals surface area contributed by atoms with Crippen molar-refractivity contribution in [2.75, 3.05) is 5.32 Å². The van der Waals surface area contributed by atoms with Crippen LogP contribution in [0.3, 0.4) is 0 Å². The van der Waals surface area contributed by atoms with Crippen molar-refractivity contribution in [2.45, 2.75) is 13.8 Å². The first-order chi connectivity index (χ1) is 12.3. The second kappa shape index (κ2) is 7.01. The molecule has 132 valence electrons. The van der Waals surface area contributed by atoms with Crippen LogP contribution in [-0.2, 0) is 0 Å². The van der Waals surface area contributed by atoms with E-state index in [0.29, 0.717) is 33.4 Å². The molecule has 0 fully saturated rings. The number of rotatable bonds is 4. The van der Waals surface area contributed by atoms with Gasteiger partial charge in [0.15, 0.2) is 0 Å². The van der Waals surface area contributed by atoms with E-state index in [1.807, 2.05) is 12.1 Å². The van der Waals surface area contributed by atoms with Gasteiger partial charge in [0.1, 0.15) is 11.5 Å². The summed E-state index contributed by atoms with van der Waals surface area (Å²) in [5, 5.41) is 14.2. The number of furan rings is 1. The van der Waals surface area contributed by atoms with Crippen molar-refractivity contribution in [3.8, 4) is 11.3 Å². The van der Waals surface area contributed by atoms with Crippen LogP contribution < -0.4 is 5.32 Å². The first kappa shape index (κ1) is 17.7. The molecule has 0 saturated carbocycles. The molecule has 0 aliphatic rings. The highest BCUT2D eigenvalue weighted by atomic mass is 35.5. The number of nitrogens with zero attached hydrogens (tertiary/aromatic N) is 1. The summed E-state index contributed by atoms with van der Waals surface area (Å²) in [7, 11) is 0. The number of halogens is 1. The minimum absolute atomic E-state index is 0.0231. The number of hydrogen-bond acceptors (Lipinski definition) is 4. The molecule has 3 rings (SSSR count). The molecule has 1 amide bonds. The van der Waals surface area contributed by atoms with E-state index >= 15 is 0 Å². The van der Waals surface area contributed by atoms with Gasteiger partial charge in [0.05, 0.1) is 10.5 Å². The van der Waals surface area contributed by atoms with Crippen LogP contribution in [0.1, 0.15) is 21.7 Å². The normalized spacial score (nSPS) is 10.6. The molecule has 0 aliphatic carbocycles. The summed E-state index contributed by atoms with van der Waals surface area (Å²) in [6.45, 7) is 3.40. The first-order valence-corrected chi connectivity index (χ1v) is 8.15. The molecule has 7 heteroatoms. The van der Waals surface area contributed by atoms with Crippen LogP contribution in [0, 0.1) is 24.0 Å². The summed E-state index contributed by atoms with van der Waals surface area (Å²) in [5.74, 6) is 0.695. The molecule has 1 N–H and O–H groups in total. The third kappa shape index (κ3) is 3.60. The highest BCUT2D eigenvalue weighted by molar-refractivity contribution is 6.30. The average molecular weight is 371 g/mol. The zero-order chi connectivity index (χ0) is 18.8. The summed E-state index contributed by atoms with van der Waals surface area (Å²) in [6.07, 6.45) is 0. The van der Waals surface area contributed by atoms with Crippen molar-refractivity contribution < 1.29 is 14.1 Å². The number of hydrogen-bond donors (Lipinski definition) is 1. The molecule has 0 radical (unpaired) electrons. The molecule has 2 aromatic carbocycles. The van der Waals surface area contributed by atoms with Gasteiger partial charge < -0.3 is 9.73 Å². The molecule has 1 aromatic heterocycles. The minimum atomic E-state index is -0.475. The number of amides is 1. The third-order valence-corrected chi connectivity index (χ3v) is 4.21. The minimum Gasteiger partial charge on any atom is -0.461 e. The second-order valence-corrected chi connectivity index (χ2v) is 6.23. The summed E-state index contributed by atoms with van der Waals surface area (Å²) >= 11 is 5.88. The van der Waals surface area contributed by atoms with Gasteiger partial charge in [-0.1, -0.05) is 11.6 Å². The predicted octanol–water partition coefficient (Wildman–Crippen LogP) is 5.38. The van der Waals surface area contributed by atoms with E-state index in [1.165, 1.54) is 18.2 Å². The molecule has 1 heterocycles. The van der Waals surface area contributed by atoms with Crippen molar-refractivity contribution in [3.05, 3.63) is 80.6 Å². The van der Waals surface area contributed by atoms with Crippen molar-refractivity contribution >= 4 is 28.9 Å². The fourth-order valence-corrected chi connectivity index (χ4v) is 2.68. The Morgan fingerprint density at radius 3 is 2.42 bits per heavy atom. The number of non-ortho nitro benzene ring substituents is 1. The molecule has 0 unspecified atom stereocenters. The molecule has 0 aliphatic heterocycles. The smallest absolute Gasteiger partial charge is 0.269 e. The summed E-state index contributed by atoms with van der Waals surface area (Å²) in [5.41, 5.74) is 2.29. The van der Waals surface area contributed by atoms with E-state index in [-0.39, 0.29) is 11.6 Å². The molecule has 0 spiro atoms. The fraction of sp³-hybridized carbons (Fsp3) is 0.105. The van der Waals surface area contributed by atoms with Crippen LogP contribution in [-0.4, -0.2) is 10.8 Å². The van der Waals surface area contributed by atoms with Crippen molar-refractivity contribution in [3.63, 3.8) is 0 Å². The lowest BCUT2D eigenvalue weighted by Crippen LogP contribution is -2.13. The largest absolute Gasteiger partial charge is 0.461 e. The molecule has 6 nitrogen and oxygen atoms in total. The number of carbonyl (C=O) groups is 1. The van der Waals surface area contributed by atoms with Gasteiger partial charge in [-0.05, 0) is 55.8 Å². The molecule has 26 heavy (non-hydrogen) atoms. The Bertz CT molecular complexity index is 993. The summed E-state index contributed by atoms with van der Waals surface area (Å²) < 4.78 is 5.69. The lowest BCUT2D eigenvalue weighted by Gasteiger charge is -2.07.